The highest BCUT2D eigenvalue weighted by Crippen LogP contribution is 2.40. The Hall–Kier alpha value is -2.75. The van der Waals surface area contributed by atoms with Crippen molar-refractivity contribution in [2.75, 3.05) is 0 Å². The SMILES string of the molecule is O[C@]1(c2ccccc2)O[C@@H](c2ccccc2)N=C1c1ccccc1. The summed E-state index contributed by atoms with van der Waals surface area (Å²) in [5, 5.41) is 11.4. The first-order valence-corrected chi connectivity index (χ1v) is 7.92. The largest absolute Gasteiger partial charge is 0.357 e. The standard InChI is InChI=1S/C21H17NO2/c23-21(18-14-8-3-9-15-18)19(16-10-4-1-5-11-16)22-20(24-21)17-12-6-2-7-13-17/h1-15,20,23H/t20-,21+/m0/s1. The lowest BCUT2D eigenvalue weighted by atomic mass is 9.96. The van der Waals surface area contributed by atoms with Crippen LogP contribution in [0.2, 0.25) is 0 Å². The van der Waals surface area contributed by atoms with Gasteiger partial charge in [-0.05, 0) is 0 Å². The molecule has 0 radical (unpaired) electrons. The van der Waals surface area contributed by atoms with Crippen molar-refractivity contribution in [3.05, 3.63) is 108 Å². The summed E-state index contributed by atoms with van der Waals surface area (Å²) in [5.74, 6) is -1.57. The van der Waals surface area contributed by atoms with Crippen LogP contribution in [0.3, 0.4) is 0 Å². The van der Waals surface area contributed by atoms with Crippen molar-refractivity contribution in [2.45, 2.75) is 12.0 Å². The molecule has 0 aliphatic carbocycles. The van der Waals surface area contributed by atoms with Crippen LogP contribution in [0.15, 0.2) is 96.0 Å². The van der Waals surface area contributed by atoms with E-state index in [2.05, 4.69) is 0 Å². The summed E-state index contributed by atoms with van der Waals surface area (Å²) in [6.45, 7) is 0. The number of aliphatic hydroxyl groups is 1. The summed E-state index contributed by atoms with van der Waals surface area (Å²) in [7, 11) is 0. The molecular formula is C21H17NO2. The van der Waals surface area contributed by atoms with Gasteiger partial charge in [-0.1, -0.05) is 91.0 Å². The van der Waals surface area contributed by atoms with E-state index in [1.54, 1.807) is 0 Å². The molecule has 118 valence electrons. The fourth-order valence-corrected chi connectivity index (χ4v) is 2.94. The average Bonchev–Trinajstić information content (AvgIpc) is 3.03. The van der Waals surface area contributed by atoms with Gasteiger partial charge in [0.2, 0.25) is 5.79 Å². The lowest BCUT2D eigenvalue weighted by Gasteiger charge is -2.25. The van der Waals surface area contributed by atoms with Crippen LogP contribution < -0.4 is 0 Å². The van der Waals surface area contributed by atoms with E-state index in [0.29, 0.717) is 11.3 Å². The topological polar surface area (TPSA) is 41.8 Å². The minimum Gasteiger partial charge on any atom is -0.357 e. The summed E-state index contributed by atoms with van der Waals surface area (Å²) in [6, 6.07) is 28.8. The van der Waals surface area contributed by atoms with Gasteiger partial charge >= 0.3 is 0 Å². The molecule has 3 nitrogen and oxygen atoms in total. The van der Waals surface area contributed by atoms with Gasteiger partial charge in [-0.15, -0.1) is 0 Å². The molecule has 1 aliphatic rings. The fourth-order valence-electron chi connectivity index (χ4n) is 2.94. The molecule has 1 heterocycles. The fraction of sp³-hybridized carbons (Fsp3) is 0.0952. The van der Waals surface area contributed by atoms with Crippen molar-refractivity contribution in [1.82, 2.24) is 0 Å². The van der Waals surface area contributed by atoms with E-state index in [1.165, 1.54) is 0 Å². The Morgan fingerprint density at radius 2 is 1.29 bits per heavy atom. The van der Waals surface area contributed by atoms with Crippen LogP contribution >= 0.6 is 0 Å². The van der Waals surface area contributed by atoms with Crippen LogP contribution in [0.25, 0.3) is 0 Å². The lowest BCUT2D eigenvalue weighted by molar-refractivity contribution is -0.172. The number of hydrogen-bond donors (Lipinski definition) is 1. The predicted octanol–water partition coefficient (Wildman–Crippen LogP) is 4.05. The number of benzene rings is 3. The highest BCUT2D eigenvalue weighted by Gasteiger charge is 2.45. The van der Waals surface area contributed by atoms with Crippen LogP contribution in [-0.2, 0) is 10.5 Å². The minimum absolute atomic E-state index is 0.531. The third kappa shape index (κ3) is 2.54. The summed E-state index contributed by atoms with van der Waals surface area (Å²) < 4.78 is 6.04. The average molecular weight is 315 g/mol. The zero-order chi connectivity index (χ0) is 16.4. The Bertz CT molecular complexity index is 847. The van der Waals surface area contributed by atoms with E-state index >= 15 is 0 Å². The van der Waals surface area contributed by atoms with E-state index < -0.39 is 12.0 Å². The van der Waals surface area contributed by atoms with Crippen LogP contribution in [0.5, 0.6) is 0 Å². The van der Waals surface area contributed by atoms with Gasteiger partial charge in [0.1, 0.15) is 5.71 Å². The molecule has 0 bridgehead atoms. The number of ether oxygens (including phenoxy) is 1. The molecule has 24 heavy (non-hydrogen) atoms. The molecule has 0 spiro atoms. The van der Waals surface area contributed by atoms with Gasteiger partial charge in [0.25, 0.3) is 0 Å². The number of rotatable bonds is 3. The highest BCUT2D eigenvalue weighted by atomic mass is 16.6. The van der Waals surface area contributed by atoms with Crippen molar-refractivity contribution >= 4 is 5.71 Å². The van der Waals surface area contributed by atoms with E-state index in [0.717, 1.165) is 11.1 Å². The van der Waals surface area contributed by atoms with E-state index in [9.17, 15) is 5.11 Å². The van der Waals surface area contributed by atoms with Crippen molar-refractivity contribution < 1.29 is 9.84 Å². The van der Waals surface area contributed by atoms with Gasteiger partial charge in [-0.3, -0.25) is 0 Å². The molecule has 0 fully saturated rings. The Balaban J connectivity index is 1.83. The first-order chi connectivity index (χ1) is 11.8. The molecule has 0 amide bonds. The normalized spacial score (nSPS) is 23.0. The van der Waals surface area contributed by atoms with Crippen molar-refractivity contribution in [3.8, 4) is 0 Å². The lowest BCUT2D eigenvalue weighted by Crippen LogP contribution is -2.35. The first kappa shape index (κ1) is 14.8. The van der Waals surface area contributed by atoms with Gasteiger partial charge in [-0.25, -0.2) is 4.99 Å². The molecular weight excluding hydrogens is 298 g/mol. The Morgan fingerprint density at radius 3 is 1.92 bits per heavy atom. The smallest absolute Gasteiger partial charge is 0.239 e. The molecule has 0 unspecified atom stereocenters. The third-order valence-corrected chi connectivity index (χ3v) is 4.15. The van der Waals surface area contributed by atoms with E-state index in [1.807, 2.05) is 91.0 Å². The molecule has 1 aliphatic heterocycles. The predicted molar refractivity (Wildman–Crippen MR) is 93.6 cm³/mol. The van der Waals surface area contributed by atoms with E-state index in [4.69, 9.17) is 9.73 Å². The maximum Gasteiger partial charge on any atom is 0.239 e. The van der Waals surface area contributed by atoms with Crippen molar-refractivity contribution in [3.63, 3.8) is 0 Å². The molecule has 4 rings (SSSR count). The molecule has 3 aromatic rings. The number of aliphatic imine (C=N–C) groups is 1. The number of nitrogens with zero attached hydrogens (tertiary/aromatic N) is 1. The second-order valence-corrected chi connectivity index (χ2v) is 5.73. The Morgan fingerprint density at radius 1 is 0.750 bits per heavy atom. The first-order valence-electron chi connectivity index (χ1n) is 7.92. The highest BCUT2D eigenvalue weighted by molar-refractivity contribution is 6.07. The number of hydrogen-bond acceptors (Lipinski definition) is 3. The van der Waals surface area contributed by atoms with E-state index in [-0.39, 0.29) is 0 Å². The molecule has 1 N–H and O–H groups in total. The summed E-state index contributed by atoms with van der Waals surface area (Å²) in [4.78, 5) is 4.70. The molecule has 2 atom stereocenters. The van der Waals surface area contributed by atoms with Crippen LogP contribution in [0.1, 0.15) is 22.9 Å². The minimum atomic E-state index is -1.57. The zero-order valence-electron chi connectivity index (χ0n) is 13.0. The van der Waals surface area contributed by atoms with Crippen molar-refractivity contribution in [2.24, 2.45) is 4.99 Å². The van der Waals surface area contributed by atoms with Gasteiger partial charge < -0.3 is 9.84 Å². The van der Waals surface area contributed by atoms with Gasteiger partial charge in [0, 0.05) is 16.7 Å². The van der Waals surface area contributed by atoms with Crippen LogP contribution in [-0.4, -0.2) is 10.8 Å². The van der Waals surface area contributed by atoms with Gasteiger partial charge in [-0.2, -0.15) is 0 Å². The van der Waals surface area contributed by atoms with Gasteiger partial charge in [0.05, 0.1) is 0 Å². The Labute approximate surface area is 140 Å². The molecule has 0 aromatic heterocycles. The Kier molecular flexibility index (Phi) is 3.73. The third-order valence-electron chi connectivity index (χ3n) is 4.15. The van der Waals surface area contributed by atoms with Crippen LogP contribution in [0, 0.1) is 0 Å². The van der Waals surface area contributed by atoms with Gasteiger partial charge in [0.15, 0.2) is 6.23 Å². The zero-order valence-corrected chi connectivity index (χ0v) is 13.0. The van der Waals surface area contributed by atoms with Crippen LogP contribution in [0.4, 0.5) is 0 Å². The second-order valence-electron chi connectivity index (χ2n) is 5.73. The van der Waals surface area contributed by atoms with Crippen molar-refractivity contribution in [1.29, 1.82) is 0 Å². The maximum atomic E-state index is 11.4. The maximum absolute atomic E-state index is 11.4. The summed E-state index contributed by atoms with van der Waals surface area (Å²) in [5.41, 5.74) is 2.97. The molecule has 3 aromatic carbocycles. The second kappa shape index (κ2) is 6.04. The molecule has 0 saturated heterocycles. The molecule has 0 saturated carbocycles. The quantitative estimate of drug-likeness (QED) is 0.792. The summed E-state index contributed by atoms with van der Waals surface area (Å²) >= 11 is 0. The monoisotopic (exact) mass is 315 g/mol. The summed E-state index contributed by atoms with van der Waals surface area (Å²) in [6.07, 6.45) is -0.536. The molecule has 3 heteroatoms.